The summed E-state index contributed by atoms with van der Waals surface area (Å²) in [5.74, 6) is -1.01. The van der Waals surface area contributed by atoms with Crippen molar-refractivity contribution in [1.82, 2.24) is 0 Å². The minimum Gasteiger partial charge on any atom is -0.508 e. The predicted octanol–water partition coefficient (Wildman–Crippen LogP) is 5.91. The zero-order chi connectivity index (χ0) is 30.9. The van der Waals surface area contributed by atoms with Crippen LogP contribution in [0.15, 0.2) is 109 Å². The zero-order valence-corrected chi connectivity index (χ0v) is 22.6. The molecule has 0 atom stereocenters. The van der Waals surface area contributed by atoms with E-state index in [-0.39, 0.29) is 33.9 Å². The highest BCUT2D eigenvalue weighted by molar-refractivity contribution is 7.89. The van der Waals surface area contributed by atoms with Crippen LogP contribution in [0.1, 0.15) is 5.56 Å². The van der Waals surface area contributed by atoms with Gasteiger partial charge in [0.2, 0.25) is 20.0 Å². The third-order valence-corrected chi connectivity index (χ3v) is 7.43. The van der Waals surface area contributed by atoms with Gasteiger partial charge < -0.3 is 10.2 Å². The molecule has 17 heteroatoms. The highest BCUT2D eigenvalue weighted by atomic mass is 32.2. The van der Waals surface area contributed by atoms with Crippen molar-refractivity contribution < 1.29 is 40.2 Å². The summed E-state index contributed by atoms with van der Waals surface area (Å²) in [5.41, 5.74) is -1.73. The predicted molar refractivity (Wildman–Crippen MR) is 144 cm³/mol. The normalized spacial score (nSPS) is 12.8. The number of rotatable bonds is 7. The highest BCUT2D eigenvalue weighted by Crippen LogP contribution is 2.39. The first kappa shape index (κ1) is 30.3. The molecule has 6 N–H and O–H groups in total. The van der Waals surface area contributed by atoms with Crippen molar-refractivity contribution >= 4 is 42.8 Å². The van der Waals surface area contributed by atoms with Crippen LogP contribution < -0.4 is 10.3 Å². The van der Waals surface area contributed by atoms with Crippen LogP contribution in [0.25, 0.3) is 11.1 Å². The molecule has 4 aromatic rings. The van der Waals surface area contributed by atoms with E-state index in [0.717, 1.165) is 24.3 Å². The van der Waals surface area contributed by atoms with Gasteiger partial charge >= 0.3 is 6.18 Å². The first-order valence-corrected chi connectivity index (χ1v) is 14.5. The molecule has 0 unspecified atom stereocenters. The van der Waals surface area contributed by atoms with Crippen molar-refractivity contribution in [2.75, 3.05) is 0 Å². The number of phenols is 2. The number of aromatic hydroxyl groups is 2. The molecule has 12 nitrogen and oxygen atoms in total. The lowest BCUT2D eigenvalue weighted by molar-refractivity contribution is -0.138. The number of phenolic OH excluding ortho intramolecular Hbond substituents is 2. The summed E-state index contributed by atoms with van der Waals surface area (Å²) in [6, 6.07) is 15.0. The van der Waals surface area contributed by atoms with Gasteiger partial charge in [0.15, 0.2) is 0 Å². The minimum atomic E-state index is -4.86. The number of azo groups is 2. The number of nitrogens with zero attached hydrogens (tertiary/aromatic N) is 4. The Kier molecular flexibility index (Phi) is 8.13. The van der Waals surface area contributed by atoms with Gasteiger partial charge in [-0.2, -0.15) is 33.6 Å². The van der Waals surface area contributed by atoms with Crippen molar-refractivity contribution in [2.24, 2.45) is 30.7 Å². The van der Waals surface area contributed by atoms with E-state index in [2.05, 4.69) is 20.5 Å². The van der Waals surface area contributed by atoms with Crippen molar-refractivity contribution in [3.8, 4) is 22.6 Å². The van der Waals surface area contributed by atoms with Crippen LogP contribution in [0.3, 0.4) is 0 Å². The van der Waals surface area contributed by atoms with Crippen LogP contribution in [0.2, 0.25) is 0 Å². The molecule has 0 aliphatic heterocycles. The van der Waals surface area contributed by atoms with Crippen molar-refractivity contribution in [3.05, 3.63) is 84.4 Å². The fourth-order valence-corrected chi connectivity index (χ4v) is 5.16. The summed E-state index contributed by atoms with van der Waals surface area (Å²) in [6.07, 6.45) is -4.86. The topological polar surface area (TPSA) is 210 Å². The number of benzene rings is 4. The lowest BCUT2D eigenvalue weighted by atomic mass is 10.0. The Labute approximate surface area is 236 Å². The molecular formula is C25H19F3N6O6S2. The lowest BCUT2D eigenvalue weighted by Gasteiger charge is -2.13. The van der Waals surface area contributed by atoms with Gasteiger partial charge in [0.1, 0.15) is 11.5 Å². The third kappa shape index (κ3) is 7.13. The van der Waals surface area contributed by atoms with Crippen molar-refractivity contribution in [3.63, 3.8) is 0 Å². The zero-order valence-electron chi connectivity index (χ0n) is 20.9. The molecule has 0 radical (unpaired) electrons. The largest absolute Gasteiger partial charge is 0.508 e. The molecule has 0 fully saturated rings. The molecule has 218 valence electrons. The first-order chi connectivity index (χ1) is 19.5. The maximum absolute atomic E-state index is 13.1. The molecule has 0 saturated carbocycles. The molecular weight excluding hydrogens is 601 g/mol. The molecule has 0 aliphatic carbocycles. The van der Waals surface area contributed by atoms with E-state index in [1.54, 1.807) is 0 Å². The molecule has 42 heavy (non-hydrogen) atoms. The summed E-state index contributed by atoms with van der Waals surface area (Å²) in [5, 5.41) is 44.9. The monoisotopic (exact) mass is 620 g/mol. The van der Waals surface area contributed by atoms with E-state index in [0.29, 0.717) is 11.8 Å². The maximum atomic E-state index is 13.1. The molecule has 0 bridgehead atoms. The van der Waals surface area contributed by atoms with E-state index < -0.39 is 47.3 Å². The quantitative estimate of drug-likeness (QED) is 0.184. The van der Waals surface area contributed by atoms with Crippen LogP contribution in [0.4, 0.5) is 35.9 Å². The summed E-state index contributed by atoms with van der Waals surface area (Å²) in [4.78, 5) is -1.09. The smallest absolute Gasteiger partial charge is 0.420 e. The molecule has 0 saturated heterocycles. The summed E-state index contributed by atoms with van der Waals surface area (Å²) in [7, 11) is -8.98. The van der Waals surface area contributed by atoms with Gasteiger partial charge in [-0.1, -0.05) is 12.1 Å². The van der Waals surface area contributed by atoms with Gasteiger partial charge in [-0.05, 0) is 66.7 Å². The Balaban J connectivity index is 1.76. The average Bonchev–Trinajstić information content (AvgIpc) is 2.90. The summed E-state index contributed by atoms with van der Waals surface area (Å²) in [6.45, 7) is 0. The Morgan fingerprint density at radius 1 is 0.571 bits per heavy atom. The Morgan fingerprint density at radius 2 is 0.952 bits per heavy atom. The number of nitrogens with two attached hydrogens (primary N) is 2. The molecule has 0 aliphatic rings. The van der Waals surface area contributed by atoms with Crippen LogP contribution in [-0.4, -0.2) is 27.0 Å². The number of sulfonamides is 2. The standard InChI is InChI=1S/C25H19F3N6O6S2/c26-25(27,28)21-11-15(5-10-22(21)36)32-34-17-4-9-20(24(13-17)42(30,39)40)19-8-3-16(12-23(19)41(29,37)38)33-31-14-1-6-18(35)7-2-14/h1-13,35-36H,(H2,29,37,38)(H2,30,39,40). The number of hydrogen-bond donors (Lipinski definition) is 4. The van der Waals surface area contributed by atoms with E-state index >= 15 is 0 Å². The molecule has 4 aromatic carbocycles. The van der Waals surface area contributed by atoms with E-state index in [4.69, 9.17) is 10.3 Å². The maximum Gasteiger partial charge on any atom is 0.420 e. The molecule has 0 spiro atoms. The summed E-state index contributed by atoms with van der Waals surface area (Å²) < 4.78 is 89.1. The second-order valence-corrected chi connectivity index (χ2v) is 11.6. The van der Waals surface area contributed by atoms with Crippen molar-refractivity contribution in [1.29, 1.82) is 0 Å². The lowest BCUT2D eigenvalue weighted by Crippen LogP contribution is -2.16. The van der Waals surface area contributed by atoms with E-state index in [1.165, 1.54) is 48.5 Å². The fourth-order valence-electron chi connectivity index (χ4n) is 3.63. The number of halogens is 3. The second kappa shape index (κ2) is 11.3. The van der Waals surface area contributed by atoms with Gasteiger partial charge in [0.25, 0.3) is 0 Å². The number of alkyl halides is 3. The van der Waals surface area contributed by atoms with Gasteiger partial charge in [0.05, 0.1) is 38.1 Å². The minimum absolute atomic E-state index is 0.00362. The van der Waals surface area contributed by atoms with Gasteiger partial charge in [-0.25, -0.2) is 27.1 Å². The van der Waals surface area contributed by atoms with Crippen LogP contribution >= 0.6 is 0 Å². The molecule has 0 amide bonds. The van der Waals surface area contributed by atoms with Gasteiger partial charge in [-0.15, -0.1) is 0 Å². The van der Waals surface area contributed by atoms with E-state index in [1.807, 2.05) is 0 Å². The van der Waals surface area contributed by atoms with Gasteiger partial charge in [0, 0.05) is 11.1 Å². The second-order valence-electron chi connectivity index (χ2n) is 8.57. The van der Waals surface area contributed by atoms with Crippen LogP contribution in [-0.2, 0) is 26.2 Å². The SMILES string of the molecule is NS(=O)(=O)c1cc(N=Nc2ccc(O)cc2)ccc1-c1ccc(N=Nc2ccc(O)c(C(F)(F)F)c2)cc1S(N)(=O)=O. The third-order valence-electron chi connectivity index (χ3n) is 5.53. The molecule has 4 rings (SSSR count). The van der Waals surface area contributed by atoms with Crippen LogP contribution in [0, 0.1) is 0 Å². The van der Waals surface area contributed by atoms with Crippen LogP contribution in [0.5, 0.6) is 11.5 Å². The molecule has 0 heterocycles. The van der Waals surface area contributed by atoms with Gasteiger partial charge in [-0.3, -0.25) is 0 Å². The first-order valence-electron chi connectivity index (χ1n) is 11.4. The summed E-state index contributed by atoms with van der Waals surface area (Å²) >= 11 is 0. The van der Waals surface area contributed by atoms with Crippen molar-refractivity contribution in [2.45, 2.75) is 16.0 Å². The Hall–Kier alpha value is -4.71. The fraction of sp³-hybridized carbons (Fsp3) is 0.0400. The molecule has 0 aromatic heterocycles. The average molecular weight is 621 g/mol. The number of primary sulfonamides is 2. The Bertz CT molecular complexity index is 1950. The number of hydrogen-bond acceptors (Lipinski definition) is 10. The Morgan fingerprint density at radius 3 is 1.38 bits per heavy atom. The van der Waals surface area contributed by atoms with E-state index in [9.17, 15) is 40.2 Å². The highest BCUT2D eigenvalue weighted by Gasteiger charge is 2.34.